The van der Waals surface area contributed by atoms with Gasteiger partial charge in [-0.2, -0.15) is 0 Å². The van der Waals surface area contributed by atoms with Gasteiger partial charge in [0, 0.05) is 12.0 Å². The van der Waals surface area contributed by atoms with E-state index in [0.29, 0.717) is 17.5 Å². The molecule has 0 radical (unpaired) electrons. The maximum atomic E-state index is 13.4. The van der Waals surface area contributed by atoms with E-state index in [1.165, 1.54) is 6.07 Å². The van der Waals surface area contributed by atoms with Gasteiger partial charge in [0.05, 0.1) is 17.7 Å². The van der Waals surface area contributed by atoms with Crippen LogP contribution in [0.1, 0.15) is 18.4 Å². The van der Waals surface area contributed by atoms with E-state index >= 15 is 0 Å². The van der Waals surface area contributed by atoms with Crippen molar-refractivity contribution >= 4 is 15.9 Å². The van der Waals surface area contributed by atoms with Crippen LogP contribution in [0.2, 0.25) is 0 Å². The SMILES string of the molecule is OCC1(Cc2cccc(F)c2Br)CCCOC1. The molecule has 1 aromatic carbocycles. The van der Waals surface area contributed by atoms with Crippen molar-refractivity contribution in [2.24, 2.45) is 5.41 Å². The quantitative estimate of drug-likeness (QED) is 0.930. The van der Waals surface area contributed by atoms with Gasteiger partial charge in [0.15, 0.2) is 0 Å². The van der Waals surface area contributed by atoms with Gasteiger partial charge in [0.1, 0.15) is 5.82 Å². The van der Waals surface area contributed by atoms with Crippen LogP contribution in [-0.2, 0) is 11.2 Å². The minimum atomic E-state index is -0.257. The largest absolute Gasteiger partial charge is 0.396 e. The third-order valence-corrected chi connectivity index (χ3v) is 4.22. The van der Waals surface area contributed by atoms with E-state index in [-0.39, 0.29) is 17.8 Å². The molecular formula is C13H16BrFO2. The minimum absolute atomic E-state index is 0.0793. The van der Waals surface area contributed by atoms with E-state index in [1.54, 1.807) is 6.07 Å². The van der Waals surface area contributed by atoms with Crippen molar-refractivity contribution in [1.29, 1.82) is 0 Å². The number of ether oxygens (including phenoxy) is 1. The molecule has 0 aromatic heterocycles. The lowest BCUT2D eigenvalue weighted by atomic mass is 9.78. The van der Waals surface area contributed by atoms with Gasteiger partial charge in [-0.15, -0.1) is 0 Å². The number of hydrogen-bond acceptors (Lipinski definition) is 2. The van der Waals surface area contributed by atoms with Gasteiger partial charge in [-0.25, -0.2) is 4.39 Å². The van der Waals surface area contributed by atoms with Crippen LogP contribution < -0.4 is 0 Å². The smallest absolute Gasteiger partial charge is 0.137 e. The lowest BCUT2D eigenvalue weighted by Crippen LogP contribution is -2.37. The Kier molecular flexibility index (Phi) is 4.17. The third kappa shape index (κ3) is 2.87. The highest BCUT2D eigenvalue weighted by atomic mass is 79.9. The molecule has 1 heterocycles. The van der Waals surface area contributed by atoms with Gasteiger partial charge in [-0.05, 0) is 46.8 Å². The summed E-state index contributed by atoms with van der Waals surface area (Å²) in [4.78, 5) is 0. The van der Waals surface area contributed by atoms with Crippen molar-refractivity contribution in [1.82, 2.24) is 0 Å². The van der Waals surface area contributed by atoms with E-state index in [9.17, 15) is 9.50 Å². The second kappa shape index (κ2) is 5.46. The number of aliphatic hydroxyl groups excluding tert-OH is 1. The molecule has 1 atom stereocenters. The molecule has 17 heavy (non-hydrogen) atoms. The fraction of sp³-hybridized carbons (Fsp3) is 0.538. The molecule has 1 N–H and O–H groups in total. The summed E-state index contributed by atoms with van der Waals surface area (Å²) in [7, 11) is 0. The molecule has 1 unspecified atom stereocenters. The van der Waals surface area contributed by atoms with Crippen molar-refractivity contribution in [2.45, 2.75) is 19.3 Å². The van der Waals surface area contributed by atoms with Gasteiger partial charge >= 0.3 is 0 Å². The molecule has 1 fully saturated rings. The summed E-state index contributed by atoms with van der Waals surface area (Å²) in [6.45, 7) is 1.38. The summed E-state index contributed by atoms with van der Waals surface area (Å²) in [6.07, 6.45) is 2.52. The molecule has 0 bridgehead atoms. The Labute approximate surface area is 109 Å². The number of hydrogen-bond donors (Lipinski definition) is 1. The topological polar surface area (TPSA) is 29.5 Å². The standard InChI is InChI=1S/C13H16BrFO2/c14-12-10(3-1-4-11(12)15)7-13(8-16)5-2-6-17-9-13/h1,3-4,16H,2,5-9H2. The van der Waals surface area contributed by atoms with Crippen LogP contribution in [0.5, 0.6) is 0 Å². The first-order valence-corrected chi connectivity index (χ1v) is 6.58. The average molecular weight is 303 g/mol. The highest BCUT2D eigenvalue weighted by molar-refractivity contribution is 9.10. The van der Waals surface area contributed by atoms with Gasteiger partial charge < -0.3 is 9.84 Å². The van der Waals surface area contributed by atoms with Crippen LogP contribution in [0.15, 0.2) is 22.7 Å². The molecule has 0 aliphatic carbocycles. The molecule has 1 aromatic rings. The second-order valence-electron chi connectivity index (χ2n) is 4.70. The third-order valence-electron chi connectivity index (χ3n) is 3.34. The molecule has 1 saturated heterocycles. The first-order chi connectivity index (χ1) is 8.17. The molecule has 2 rings (SSSR count). The zero-order chi connectivity index (χ0) is 12.3. The van der Waals surface area contributed by atoms with Gasteiger partial charge in [-0.1, -0.05) is 12.1 Å². The fourth-order valence-corrected chi connectivity index (χ4v) is 2.72. The highest BCUT2D eigenvalue weighted by Gasteiger charge is 2.33. The first-order valence-electron chi connectivity index (χ1n) is 5.78. The molecule has 4 heteroatoms. The number of rotatable bonds is 3. The minimum Gasteiger partial charge on any atom is -0.396 e. The van der Waals surface area contributed by atoms with E-state index in [4.69, 9.17) is 4.74 Å². The predicted octanol–water partition coefficient (Wildman–Crippen LogP) is 2.92. The Morgan fingerprint density at radius 3 is 2.94 bits per heavy atom. The maximum Gasteiger partial charge on any atom is 0.137 e. The fourth-order valence-electron chi connectivity index (χ4n) is 2.32. The summed E-state index contributed by atoms with van der Waals surface area (Å²) in [5.74, 6) is -0.257. The number of halogens is 2. The number of benzene rings is 1. The molecule has 94 valence electrons. The van der Waals surface area contributed by atoms with Crippen LogP contribution in [-0.4, -0.2) is 24.9 Å². The lowest BCUT2D eigenvalue weighted by molar-refractivity contribution is -0.0380. The van der Waals surface area contributed by atoms with Crippen molar-refractivity contribution in [3.63, 3.8) is 0 Å². The van der Waals surface area contributed by atoms with Crippen molar-refractivity contribution < 1.29 is 14.2 Å². The summed E-state index contributed by atoms with van der Waals surface area (Å²) < 4.78 is 19.4. The Morgan fingerprint density at radius 1 is 1.47 bits per heavy atom. The normalized spacial score (nSPS) is 24.9. The van der Waals surface area contributed by atoms with E-state index in [0.717, 1.165) is 25.0 Å². The van der Waals surface area contributed by atoms with E-state index < -0.39 is 0 Å². The lowest BCUT2D eigenvalue weighted by Gasteiger charge is -2.35. The molecular weight excluding hydrogens is 287 g/mol. The molecule has 0 saturated carbocycles. The van der Waals surface area contributed by atoms with Gasteiger partial charge in [0.25, 0.3) is 0 Å². The monoisotopic (exact) mass is 302 g/mol. The van der Waals surface area contributed by atoms with Crippen molar-refractivity contribution in [2.75, 3.05) is 19.8 Å². The summed E-state index contributed by atoms with van der Waals surface area (Å²) in [5.41, 5.74) is 0.638. The van der Waals surface area contributed by atoms with Crippen molar-refractivity contribution in [3.05, 3.63) is 34.1 Å². The highest BCUT2D eigenvalue weighted by Crippen LogP contribution is 2.34. The van der Waals surface area contributed by atoms with Crippen LogP contribution in [0.25, 0.3) is 0 Å². The summed E-state index contributed by atoms with van der Waals surface area (Å²) >= 11 is 3.26. The molecule has 0 amide bonds. The van der Waals surface area contributed by atoms with Gasteiger partial charge in [-0.3, -0.25) is 0 Å². The average Bonchev–Trinajstić information content (AvgIpc) is 2.36. The molecule has 2 nitrogen and oxygen atoms in total. The summed E-state index contributed by atoms with van der Waals surface area (Å²) in [5, 5.41) is 9.57. The first kappa shape index (κ1) is 13.0. The Bertz CT molecular complexity index is 389. The van der Waals surface area contributed by atoms with Crippen molar-refractivity contribution in [3.8, 4) is 0 Å². The maximum absolute atomic E-state index is 13.4. The molecule has 1 aliphatic heterocycles. The van der Waals surface area contributed by atoms with E-state index in [2.05, 4.69) is 15.9 Å². The van der Waals surface area contributed by atoms with Crippen LogP contribution >= 0.6 is 15.9 Å². The van der Waals surface area contributed by atoms with Crippen LogP contribution in [0.4, 0.5) is 4.39 Å². The predicted molar refractivity (Wildman–Crippen MR) is 67.4 cm³/mol. The summed E-state index contributed by atoms with van der Waals surface area (Å²) in [6, 6.07) is 5.01. The Balaban J connectivity index is 2.20. The Hall–Kier alpha value is -0.450. The van der Waals surface area contributed by atoms with Crippen LogP contribution in [0, 0.1) is 11.2 Å². The van der Waals surface area contributed by atoms with Gasteiger partial charge in [0.2, 0.25) is 0 Å². The van der Waals surface area contributed by atoms with E-state index in [1.807, 2.05) is 6.07 Å². The zero-order valence-electron chi connectivity index (χ0n) is 9.59. The second-order valence-corrected chi connectivity index (χ2v) is 5.50. The molecule has 1 aliphatic rings. The Morgan fingerprint density at radius 2 is 2.29 bits per heavy atom. The van der Waals surface area contributed by atoms with Crippen LogP contribution in [0.3, 0.4) is 0 Å². The molecule has 0 spiro atoms. The number of aliphatic hydroxyl groups is 1. The zero-order valence-corrected chi connectivity index (χ0v) is 11.2.